The van der Waals surface area contributed by atoms with Crippen molar-refractivity contribution in [2.24, 2.45) is 0 Å². The van der Waals surface area contributed by atoms with Crippen LogP contribution in [0.2, 0.25) is 5.02 Å². The van der Waals surface area contributed by atoms with Gasteiger partial charge in [-0.1, -0.05) is 48.0 Å². The molecule has 0 radical (unpaired) electrons. The molecule has 1 heterocycles. The largest absolute Gasteiger partial charge is 0.360 e. The number of carbonyl (C=O) groups excluding carboxylic acids is 1. The van der Waals surface area contributed by atoms with E-state index in [1.165, 1.54) is 24.3 Å². The molecule has 0 saturated carbocycles. The highest BCUT2D eigenvalue weighted by molar-refractivity contribution is 6.30. The third kappa shape index (κ3) is 3.84. The van der Waals surface area contributed by atoms with Gasteiger partial charge < -0.3 is 0 Å². The highest BCUT2D eigenvalue weighted by atomic mass is 35.5. The number of para-hydroxylation sites is 2. The zero-order chi connectivity index (χ0) is 22.0. The van der Waals surface area contributed by atoms with Crippen molar-refractivity contribution in [3.8, 4) is 11.4 Å². The summed E-state index contributed by atoms with van der Waals surface area (Å²) in [6.07, 6.45) is 0. The third-order valence-electron chi connectivity index (χ3n) is 4.50. The summed E-state index contributed by atoms with van der Waals surface area (Å²) in [4.78, 5) is 52.0. The lowest BCUT2D eigenvalue weighted by Gasteiger charge is -2.14. The van der Waals surface area contributed by atoms with Crippen molar-refractivity contribution in [1.29, 1.82) is 0 Å². The zero-order valence-corrected chi connectivity index (χ0v) is 16.7. The molecule has 31 heavy (non-hydrogen) atoms. The van der Waals surface area contributed by atoms with Gasteiger partial charge in [0.05, 0.1) is 11.4 Å². The SMILES string of the molecule is O=C(Nn1c(=O)n(-c2ccccc2)c(=O)n(-c2ccccc2)c1=O)c1ccc(Cl)cc1. The highest BCUT2D eigenvalue weighted by Crippen LogP contribution is 2.09. The Morgan fingerprint density at radius 3 is 1.55 bits per heavy atom. The zero-order valence-electron chi connectivity index (χ0n) is 15.9. The Morgan fingerprint density at radius 2 is 1.10 bits per heavy atom. The van der Waals surface area contributed by atoms with Crippen LogP contribution in [-0.4, -0.2) is 19.7 Å². The minimum Gasteiger partial charge on any atom is -0.267 e. The molecule has 0 atom stereocenters. The van der Waals surface area contributed by atoms with Crippen LogP contribution in [0, 0.1) is 0 Å². The number of nitrogens with one attached hydrogen (secondary N) is 1. The fourth-order valence-corrected chi connectivity index (χ4v) is 3.13. The van der Waals surface area contributed by atoms with Gasteiger partial charge in [0, 0.05) is 10.6 Å². The number of benzene rings is 3. The molecule has 1 aromatic heterocycles. The average molecular weight is 435 g/mol. The number of carbonyl (C=O) groups is 1. The van der Waals surface area contributed by atoms with Gasteiger partial charge in [-0.25, -0.2) is 23.5 Å². The van der Waals surface area contributed by atoms with E-state index in [-0.39, 0.29) is 16.9 Å². The summed E-state index contributed by atoms with van der Waals surface area (Å²) in [7, 11) is 0. The van der Waals surface area contributed by atoms with E-state index in [9.17, 15) is 19.2 Å². The maximum absolute atomic E-state index is 13.1. The van der Waals surface area contributed by atoms with Crippen molar-refractivity contribution in [1.82, 2.24) is 13.8 Å². The molecule has 0 fully saturated rings. The van der Waals surface area contributed by atoms with Gasteiger partial charge in [-0.2, -0.15) is 0 Å². The number of rotatable bonds is 4. The molecular weight excluding hydrogens is 420 g/mol. The molecule has 1 amide bonds. The molecule has 0 aliphatic heterocycles. The van der Waals surface area contributed by atoms with Crippen molar-refractivity contribution in [3.05, 3.63) is 127 Å². The van der Waals surface area contributed by atoms with Crippen LogP contribution in [-0.2, 0) is 0 Å². The van der Waals surface area contributed by atoms with E-state index in [1.807, 2.05) is 0 Å². The maximum atomic E-state index is 13.1. The first-order chi connectivity index (χ1) is 15.0. The van der Waals surface area contributed by atoms with Crippen molar-refractivity contribution >= 4 is 17.5 Å². The van der Waals surface area contributed by atoms with Gasteiger partial charge in [0.2, 0.25) is 0 Å². The van der Waals surface area contributed by atoms with Gasteiger partial charge >= 0.3 is 17.1 Å². The predicted octanol–water partition coefficient (Wildman–Crippen LogP) is 2.19. The van der Waals surface area contributed by atoms with E-state index in [2.05, 4.69) is 5.43 Å². The van der Waals surface area contributed by atoms with E-state index in [1.54, 1.807) is 60.7 Å². The summed E-state index contributed by atoms with van der Waals surface area (Å²) in [5, 5.41) is 0.428. The Bertz CT molecular complexity index is 1350. The van der Waals surface area contributed by atoms with Crippen molar-refractivity contribution in [2.75, 3.05) is 5.43 Å². The molecule has 1 N–H and O–H groups in total. The van der Waals surface area contributed by atoms with Crippen LogP contribution in [0.4, 0.5) is 0 Å². The normalized spacial score (nSPS) is 10.6. The molecule has 0 unspecified atom stereocenters. The smallest absolute Gasteiger partial charge is 0.267 e. The third-order valence-corrected chi connectivity index (χ3v) is 4.75. The average Bonchev–Trinajstić information content (AvgIpc) is 2.78. The Balaban J connectivity index is 1.95. The Kier molecular flexibility index (Phi) is 5.38. The van der Waals surface area contributed by atoms with Crippen molar-refractivity contribution in [2.45, 2.75) is 0 Å². The first-order valence-electron chi connectivity index (χ1n) is 9.16. The second kappa shape index (κ2) is 8.29. The summed E-state index contributed by atoms with van der Waals surface area (Å²) in [5.74, 6) is -0.714. The molecule has 4 aromatic rings. The lowest BCUT2D eigenvalue weighted by Crippen LogP contribution is -2.56. The molecule has 8 nitrogen and oxygen atoms in total. The second-order valence-electron chi connectivity index (χ2n) is 6.47. The molecule has 0 spiro atoms. The molecule has 154 valence electrons. The Morgan fingerprint density at radius 1 is 0.645 bits per heavy atom. The Hall–Kier alpha value is -4.17. The summed E-state index contributed by atoms with van der Waals surface area (Å²) in [6.45, 7) is 0. The van der Waals surface area contributed by atoms with Crippen LogP contribution < -0.4 is 22.5 Å². The summed E-state index contributed by atoms with van der Waals surface area (Å²) < 4.78 is 2.14. The predicted molar refractivity (Wildman–Crippen MR) is 117 cm³/mol. The van der Waals surface area contributed by atoms with E-state index in [0.717, 1.165) is 9.13 Å². The van der Waals surface area contributed by atoms with E-state index < -0.39 is 23.0 Å². The lowest BCUT2D eigenvalue weighted by molar-refractivity contribution is 0.100. The quantitative estimate of drug-likeness (QED) is 0.532. The number of amides is 1. The van der Waals surface area contributed by atoms with E-state index in [4.69, 9.17) is 11.6 Å². The summed E-state index contributed by atoms with van der Waals surface area (Å²) >= 11 is 5.84. The fraction of sp³-hybridized carbons (Fsp3) is 0. The topological polar surface area (TPSA) is 95.1 Å². The number of aromatic nitrogens is 3. The highest BCUT2D eigenvalue weighted by Gasteiger charge is 2.19. The molecule has 4 rings (SSSR count). The van der Waals surface area contributed by atoms with Crippen LogP contribution in [0.1, 0.15) is 10.4 Å². The number of halogens is 1. The fourth-order valence-electron chi connectivity index (χ4n) is 3.00. The van der Waals surface area contributed by atoms with Gasteiger partial charge in [-0.15, -0.1) is 4.68 Å². The Labute approximate surface area is 180 Å². The molecular formula is C22H15ClN4O4. The standard InChI is InChI=1S/C22H15ClN4O4/c23-16-13-11-15(12-14-16)19(28)24-27-21(30)25(17-7-3-1-4-8-17)20(29)26(22(27)31)18-9-5-2-6-10-18/h1-14H,(H,24,28). The minimum atomic E-state index is -1.00. The van der Waals surface area contributed by atoms with Gasteiger partial charge in [-0.05, 0) is 48.5 Å². The summed E-state index contributed by atoms with van der Waals surface area (Å²) in [6, 6.07) is 22.2. The van der Waals surface area contributed by atoms with Crippen LogP contribution >= 0.6 is 11.6 Å². The van der Waals surface area contributed by atoms with Gasteiger partial charge in [0.1, 0.15) is 0 Å². The minimum absolute atomic E-state index is 0.180. The summed E-state index contributed by atoms with van der Waals surface area (Å²) in [5.41, 5.74) is 0.0997. The van der Waals surface area contributed by atoms with Gasteiger partial charge in [-0.3, -0.25) is 10.2 Å². The van der Waals surface area contributed by atoms with Crippen LogP contribution in [0.25, 0.3) is 11.4 Å². The first kappa shape index (κ1) is 20.1. The molecule has 9 heteroatoms. The van der Waals surface area contributed by atoms with Crippen molar-refractivity contribution < 1.29 is 4.79 Å². The van der Waals surface area contributed by atoms with Crippen LogP contribution in [0.5, 0.6) is 0 Å². The molecule has 0 aliphatic carbocycles. The van der Waals surface area contributed by atoms with Gasteiger partial charge in [0.25, 0.3) is 5.91 Å². The van der Waals surface area contributed by atoms with E-state index in [0.29, 0.717) is 9.70 Å². The van der Waals surface area contributed by atoms with Crippen LogP contribution in [0.15, 0.2) is 99.3 Å². The molecule has 0 bridgehead atoms. The molecule has 0 saturated heterocycles. The van der Waals surface area contributed by atoms with E-state index >= 15 is 0 Å². The lowest BCUT2D eigenvalue weighted by atomic mass is 10.2. The first-order valence-corrected chi connectivity index (χ1v) is 9.54. The number of hydrogen-bond donors (Lipinski definition) is 1. The van der Waals surface area contributed by atoms with Gasteiger partial charge in [0.15, 0.2) is 0 Å². The van der Waals surface area contributed by atoms with Crippen LogP contribution in [0.3, 0.4) is 0 Å². The van der Waals surface area contributed by atoms with Crippen molar-refractivity contribution in [3.63, 3.8) is 0 Å². The number of hydrogen-bond acceptors (Lipinski definition) is 4. The monoisotopic (exact) mass is 434 g/mol. The molecule has 3 aromatic carbocycles. The number of nitrogens with zero attached hydrogens (tertiary/aromatic N) is 3. The second-order valence-corrected chi connectivity index (χ2v) is 6.91. The maximum Gasteiger partial charge on any atom is 0.360 e. The molecule has 0 aliphatic rings.